The second-order valence-electron chi connectivity index (χ2n) is 6.58. The number of amides is 1. The van der Waals surface area contributed by atoms with E-state index >= 15 is 0 Å². The summed E-state index contributed by atoms with van der Waals surface area (Å²) < 4.78 is 9.23. The molecule has 4 aromatic rings. The number of benzene rings is 1. The summed E-state index contributed by atoms with van der Waals surface area (Å²) >= 11 is 1.43. The highest BCUT2D eigenvalue weighted by Gasteiger charge is 2.25. The number of carbonyl (C=O) groups excluding carboxylic acids is 1. The SMILES string of the molecule is COc1ccccc1C(NC(=O)c1cc2c(C)nn(C)c2s1)c1nccn1C. The zero-order chi connectivity index (χ0) is 19.8. The van der Waals surface area contributed by atoms with Gasteiger partial charge in [0.2, 0.25) is 0 Å². The van der Waals surface area contributed by atoms with Gasteiger partial charge in [-0.05, 0) is 19.1 Å². The van der Waals surface area contributed by atoms with E-state index in [1.54, 1.807) is 13.3 Å². The fourth-order valence-electron chi connectivity index (χ4n) is 3.36. The first-order valence-electron chi connectivity index (χ1n) is 8.83. The molecule has 0 spiro atoms. The molecular weight excluding hydrogens is 374 g/mol. The van der Waals surface area contributed by atoms with Crippen molar-refractivity contribution in [3.63, 3.8) is 0 Å². The molecule has 4 rings (SSSR count). The largest absolute Gasteiger partial charge is 0.496 e. The van der Waals surface area contributed by atoms with Crippen LogP contribution in [0.4, 0.5) is 0 Å². The van der Waals surface area contributed by atoms with Gasteiger partial charge in [-0.1, -0.05) is 18.2 Å². The number of rotatable bonds is 5. The Morgan fingerprint density at radius 3 is 2.75 bits per heavy atom. The zero-order valence-corrected chi connectivity index (χ0v) is 16.9. The van der Waals surface area contributed by atoms with Crippen molar-refractivity contribution in [1.29, 1.82) is 0 Å². The molecule has 0 aliphatic heterocycles. The summed E-state index contributed by atoms with van der Waals surface area (Å²) in [6, 6.07) is 9.11. The lowest BCUT2D eigenvalue weighted by atomic mass is 10.0. The van der Waals surface area contributed by atoms with Gasteiger partial charge in [0.05, 0.1) is 17.7 Å². The maximum atomic E-state index is 13.1. The Morgan fingerprint density at radius 2 is 2.07 bits per heavy atom. The molecule has 3 heterocycles. The molecule has 28 heavy (non-hydrogen) atoms. The smallest absolute Gasteiger partial charge is 0.262 e. The molecule has 1 atom stereocenters. The second-order valence-corrected chi connectivity index (χ2v) is 7.61. The fraction of sp³-hybridized carbons (Fsp3) is 0.250. The Bertz CT molecular complexity index is 1120. The Balaban J connectivity index is 1.73. The number of imidazole rings is 1. The van der Waals surface area contributed by atoms with Crippen LogP contribution in [0.25, 0.3) is 10.2 Å². The summed E-state index contributed by atoms with van der Waals surface area (Å²) in [5.41, 5.74) is 1.77. The number of nitrogens with one attached hydrogen (secondary N) is 1. The number of aromatic nitrogens is 4. The van der Waals surface area contributed by atoms with Gasteiger partial charge in [0.25, 0.3) is 5.91 Å². The van der Waals surface area contributed by atoms with Crippen molar-refractivity contribution in [2.75, 3.05) is 7.11 Å². The molecule has 3 aromatic heterocycles. The zero-order valence-electron chi connectivity index (χ0n) is 16.1. The number of para-hydroxylation sites is 1. The predicted octanol–water partition coefficient (Wildman–Crippen LogP) is 3.20. The van der Waals surface area contributed by atoms with E-state index in [0.29, 0.717) is 10.6 Å². The van der Waals surface area contributed by atoms with Crippen LogP contribution in [-0.4, -0.2) is 32.3 Å². The van der Waals surface area contributed by atoms with Crippen molar-refractivity contribution in [3.8, 4) is 5.75 Å². The van der Waals surface area contributed by atoms with E-state index in [0.717, 1.165) is 27.3 Å². The molecule has 0 fully saturated rings. The number of nitrogens with zero attached hydrogens (tertiary/aromatic N) is 4. The highest BCUT2D eigenvalue weighted by molar-refractivity contribution is 7.20. The lowest BCUT2D eigenvalue weighted by molar-refractivity contribution is 0.0945. The number of carbonyl (C=O) groups is 1. The lowest BCUT2D eigenvalue weighted by Crippen LogP contribution is -2.30. The van der Waals surface area contributed by atoms with Crippen LogP contribution in [0.3, 0.4) is 0 Å². The Morgan fingerprint density at radius 1 is 1.29 bits per heavy atom. The molecule has 1 unspecified atom stereocenters. The van der Waals surface area contributed by atoms with E-state index in [1.807, 2.05) is 66.8 Å². The Kier molecular flexibility index (Phi) is 4.64. The van der Waals surface area contributed by atoms with Crippen molar-refractivity contribution in [3.05, 3.63) is 64.7 Å². The highest BCUT2D eigenvalue weighted by Crippen LogP contribution is 2.31. The van der Waals surface area contributed by atoms with Crippen LogP contribution < -0.4 is 10.1 Å². The third-order valence-corrected chi connectivity index (χ3v) is 5.96. The summed E-state index contributed by atoms with van der Waals surface area (Å²) in [6.45, 7) is 1.95. The maximum Gasteiger partial charge on any atom is 0.262 e. The van der Waals surface area contributed by atoms with Gasteiger partial charge in [0.15, 0.2) is 0 Å². The third kappa shape index (κ3) is 3.05. The van der Waals surface area contributed by atoms with Crippen molar-refractivity contribution in [1.82, 2.24) is 24.6 Å². The summed E-state index contributed by atoms with van der Waals surface area (Å²) in [6.07, 6.45) is 3.58. The normalized spacial score (nSPS) is 12.3. The van der Waals surface area contributed by atoms with Crippen LogP contribution in [0, 0.1) is 6.92 Å². The monoisotopic (exact) mass is 395 g/mol. The van der Waals surface area contributed by atoms with Gasteiger partial charge in [0, 0.05) is 37.4 Å². The number of thiophene rings is 1. The van der Waals surface area contributed by atoms with Gasteiger partial charge in [0.1, 0.15) is 22.4 Å². The molecule has 8 heteroatoms. The molecule has 0 aliphatic rings. The number of hydrogen-bond donors (Lipinski definition) is 1. The predicted molar refractivity (Wildman–Crippen MR) is 109 cm³/mol. The van der Waals surface area contributed by atoms with E-state index in [4.69, 9.17) is 4.74 Å². The van der Waals surface area contributed by atoms with Crippen LogP contribution in [0.1, 0.15) is 32.8 Å². The van der Waals surface area contributed by atoms with Crippen molar-refractivity contribution >= 4 is 27.5 Å². The molecule has 144 valence electrons. The van der Waals surface area contributed by atoms with Crippen LogP contribution in [-0.2, 0) is 14.1 Å². The molecule has 0 saturated heterocycles. The van der Waals surface area contributed by atoms with Gasteiger partial charge in [-0.15, -0.1) is 11.3 Å². The molecule has 1 amide bonds. The van der Waals surface area contributed by atoms with Crippen LogP contribution in [0.15, 0.2) is 42.7 Å². The average molecular weight is 395 g/mol. The Labute approximate surface area is 166 Å². The quantitative estimate of drug-likeness (QED) is 0.563. The van der Waals surface area contributed by atoms with Gasteiger partial charge >= 0.3 is 0 Å². The topological polar surface area (TPSA) is 74.0 Å². The molecule has 0 saturated carbocycles. The van der Waals surface area contributed by atoms with Crippen molar-refractivity contribution < 1.29 is 9.53 Å². The van der Waals surface area contributed by atoms with Crippen LogP contribution in [0.2, 0.25) is 0 Å². The van der Waals surface area contributed by atoms with Gasteiger partial charge in [-0.2, -0.15) is 5.10 Å². The lowest BCUT2D eigenvalue weighted by Gasteiger charge is -2.21. The molecule has 7 nitrogen and oxygen atoms in total. The molecule has 0 radical (unpaired) electrons. The van der Waals surface area contributed by atoms with Gasteiger partial charge in [-0.25, -0.2) is 4.98 Å². The molecule has 1 aromatic carbocycles. The van der Waals surface area contributed by atoms with Crippen molar-refractivity contribution in [2.24, 2.45) is 14.1 Å². The first-order valence-corrected chi connectivity index (χ1v) is 9.65. The summed E-state index contributed by atoms with van der Waals surface area (Å²) in [4.78, 5) is 19.2. The van der Waals surface area contributed by atoms with E-state index in [2.05, 4.69) is 15.4 Å². The van der Waals surface area contributed by atoms with E-state index in [-0.39, 0.29) is 5.91 Å². The Hall–Kier alpha value is -3.13. The van der Waals surface area contributed by atoms with E-state index < -0.39 is 6.04 Å². The molecular formula is C20H21N5O2S. The van der Waals surface area contributed by atoms with Crippen LogP contribution >= 0.6 is 11.3 Å². The van der Waals surface area contributed by atoms with E-state index in [1.165, 1.54) is 11.3 Å². The number of ether oxygens (including phenoxy) is 1. The standard InChI is InChI=1S/C20H21N5O2S/c1-12-14-11-16(28-20(14)25(3)23-12)19(26)22-17(18-21-9-10-24(18)2)13-7-5-6-8-15(13)27-4/h5-11,17H,1-4H3,(H,22,26). The third-order valence-electron chi connectivity index (χ3n) is 4.76. The number of hydrogen-bond acceptors (Lipinski definition) is 5. The van der Waals surface area contributed by atoms with E-state index in [9.17, 15) is 4.79 Å². The first kappa shape index (κ1) is 18.2. The summed E-state index contributed by atoms with van der Waals surface area (Å²) in [5.74, 6) is 1.28. The number of methoxy groups -OCH3 is 1. The molecule has 0 aliphatic carbocycles. The highest BCUT2D eigenvalue weighted by atomic mass is 32.1. The minimum Gasteiger partial charge on any atom is -0.496 e. The number of fused-ring (bicyclic) bond motifs is 1. The first-order chi connectivity index (χ1) is 13.5. The fourth-order valence-corrected chi connectivity index (χ4v) is 4.39. The van der Waals surface area contributed by atoms with Crippen molar-refractivity contribution in [2.45, 2.75) is 13.0 Å². The molecule has 0 bridgehead atoms. The van der Waals surface area contributed by atoms with Gasteiger partial charge in [-0.3, -0.25) is 9.48 Å². The number of aryl methyl sites for hydroxylation is 3. The van der Waals surface area contributed by atoms with Crippen LogP contribution in [0.5, 0.6) is 5.75 Å². The minimum absolute atomic E-state index is 0.153. The average Bonchev–Trinajstić information content (AvgIpc) is 3.38. The minimum atomic E-state index is -0.437. The summed E-state index contributed by atoms with van der Waals surface area (Å²) in [5, 5.41) is 8.54. The van der Waals surface area contributed by atoms with Gasteiger partial charge < -0.3 is 14.6 Å². The maximum absolute atomic E-state index is 13.1. The summed E-state index contributed by atoms with van der Waals surface area (Å²) in [7, 11) is 5.42. The molecule has 1 N–H and O–H groups in total. The second kappa shape index (κ2) is 7.12.